The van der Waals surface area contributed by atoms with Crippen molar-refractivity contribution in [1.82, 2.24) is 20.1 Å². The van der Waals surface area contributed by atoms with E-state index in [9.17, 15) is 4.79 Å². The molecule has 2 rings (SSSR count). The fourth-order valence-electron chi connectivity index (χ4n) is 1.59. The summed E-state index contributed by atoms with van der Waals surface area (Å²) < 4.78 is 5.24. The molecule has 0 unspecified atom stereocenters. The molecule has 0 aliphatic carbocycles. The Balaban J connectivity index is 2.11. The summed E-state index contributed by atoms with van der Waals surface area (Å²) in [4.78, 5) is 17.9. The molecule has 1 fully saturated rings. The van der Waals surface area contributed by atoms with Gasteiger partial charge in [0.25, 0.3) is 5.91 Å². The van der Waals surface area contributed by atoms with E-state index < -0.39 is 0 Å². The predicted octanol–water partition coefficient (Wildman–Crippen LogP) is 0.922. The van der Waals surface area contributed by atoms with Crippen molar-refractivity contribution in [2.75, 3.05) is 19.9 Å². The molecule has 0 spiro atoms. The van der Waals surface area contributed by atoms with Crippen LogP contribution in [0, 0.1) is 0 Å². The Hall–Kier alpha value is -1.43. The highest BCUT2D eigenvalue weighted by molar-refractivity contribution is 5.90. The zero-order chi connectivity index (χ0) is 12.5. The minimum Gasteiger partial charge on any atom is -0.361 e. The highest BCUT2D eigenvalue weighted by Gasteiger charge is 2.25. The van der Waals surface area contributed by atoms with Crippen LogP contribution >= 0.6 is 0 Å². The molecule has 17 heavy (non-hydrogen) atoms. The van der Waals surface area contributed by atoms with Crippen LogP contribution in [0.5, 0.6) is 0 Å². The van der Waals surface area contributed by atoms with Gasteiger partial charge in [0.15, 0.2) is 0 Å². The molecule has 6 heteroatoms. The molecule has 1 N–H and O–H groups in total. The van der Waals surface area contributed by atoms with Crippen LogP contribution in [0.2, 0.25) is 0 Å². The van der Waals surface area contributed by atoms with Crippen LogP contribution < -0.4 is 0 Å². The number of rotatable bonds is 1. The molecule has 1 aromatic heterocycles. The molecule has 0 radical (unpaired) electrons. The highest BCUT2D eigenvalue weighted by atomic mass is 16.5. The van der Waals surface area contributed by atoms with E-state index in [1.165, 1.54) is 0 Å². The van der Waals surface area contributed by atoms with Crippen molar-refractivity contribution in [1.29, 1.82) is 0 Å². The number of hydrogen-bond acceptors (Lipinski definition) is 4. The molecule has 6 nitrogen and oxygen atoms in total. The molecule has 1 aliphatic rings. The second-order valence-electron chi connectivity index (χ2n) is 5.22. The molecule has 1 amide bonds. The van der Waals surface area contributed by atoms with E-state index in [0.717, 1.165) is 12.2 Å². The van der Waals surface area contributed by atoms with Gasteiger partial charge < -0.3 is 9.64 Å². The number of nitrogens with one attached hydrogen (secondary N) is 1. The number of carbonyl (C=O) groups is 1. The van der Waals surface area contributed by atoms with E-state index in [0.29, 0.717) is 19.9 Å². The van der Waals surface area contributed by atoms with Crippen molar-refractivity contribution in [3.05, 3.63) is 11.6 Å². The van der Waals surface area contributed by atoms with E-state index in [1.807, 2.05) is 20.8 Å². The standard InChI is InChI=1S/C11H18N4O2/c1-11(2,3)10-12-8(13-14-10)9(16)15-5-4-6-17-7-15/h4-7H2,1-3H3,(H,12,13,14). The Morgan fingerprint density at radius 1 is 1.47 bits per heavy atom. The summed E-state index contributed by atoms with van der Waals surface area (Å²) >= 11 is 0. The van der Waals surface area contributed by atoms with Crippen molar-refractivity contribution >= 4 is 5.91 Å². The van der Waals surface area contributed by atoms with Gasteiger partial charge in [0.1, 0.15) is 12.6 Å². The first kappa shape index (κ1) is 12.0. The summed E-state index contributed by atoms with van der Waals surface area (Å²) in [5, 5.41) is 6.79. The number of amides is 1. The molecular formula is C11H18N4O2. The number of aromatic nitrogens is 3. The maximum atomic E-state index is 12.0. The third-order valence-electron chi connectivity index (χ3n) is 2.64. The van der Waals surface area contributed by atoms with Gasteiger partial charge in [0.2, 0.25) is 5.82 Å². The Labute approximate surface area is 100 Å². The zero-order valence-electron chi connectivity index (χ0n) is 10.5. The molecule has 0 bridgehead atoms. The second-order valence-corrected chi connectivity index (χ2v) is 5.22. The number of hydrogen-bond donors (Lipinski definition) is 1. The molecule has 1 saturated heterocycles. The minimum atomic E-state index is -0.170. The molecule has 2 heterocycles. The summed E-state index contributed by atoms with van der Waals surface area (Å²) in [6.45, 7) is 7.81. The molecule has 1 aliphatic heterocycles. The number of H-pyrrole nitrogens is 1. The maximum absolute atomic E-state index is 12.0. The Morgan fingerprint density at radius 2 is 2.24 bits per heavy atom. The van der Waals surface area contributed by atoms with Crippen LogP contribution in [0.4, 0.5) is 0 Å². The first-order valence-electron chi connectivity index (χ1n) is 5.78. The van der Waals surface area contributed by atoms with Gasteiger partial charge in [-0.1, -0.05) is 20.8 Å². The Bertz CT molecular complexity index is 402. The lowest BCUT2D eigenvalue weighted by Gasteiger charge is -2.25. The van der Waals surface area contributed by atoms with E-state index >= 15 is 0 Å². The van der Waals surface area contributed by atoms with E-state index in [-0.39, 0.29) is 17.1 Å². The number of carbonyl (C=O) groups excluding carboxylic acids is 1. The average Bonchev–Trinajstić information content (AvgIpc) is 2.78. The van der Waals surface area contributed by atoms with Crippen LogP contribution in [0.3, 0.4) is 0 Å². The van der Waals surface area contributed by atoms with Crippen LogP contribution in [0.15, 0.2) is 0 Å². The summed E-state index contributed by atoms with van der Waals surface area (Å²) in [5.41, 5.74) is -0.135. The number of ether oxygens (including phenoxy) is 1. The van der Waals surface area contributed by atoms with Crippen LogP contribution in [0.1, 0.15) is 43.6 Å². The van der Waals surface area contributed by atoms with Crippen LogP contribution in [-0.2, 0) is 10.2 Å². The van der Waals surface area contributed by atoms with Gasteiger partial charge in [-0.2, -0.15) is 0 Å². The topological polar surface area (TPSA) is 71.1 Å². The number of nitrogens with zero attached hydrogens (tertiary/aromatic N) is 3. The lowest BCUT2D eigenvalue weighted by molar-refractivity contribution is -0.00636. The summed E-state index contributed by atoms with van der Waals surface area (Å²) in [6.07, 6.45) is 0.863. The van der Waals surface area contributed by atoms with Crippen molar-refractivity contribution in [3.63, 3.8) is 0 Å². The number of aromatic amines is 1. The maximum Gasteiger partial charge on any atom is 0.295 e. The zero-order valence-corrected chi connectivity index (χ0v) is 10.5. The van der Waals surface area contributed by atoms with Crippen molar-refractivity contribution in [3.8, 4) is 0 Å². The third kappa shape index (κ3) is 2.63. The largest absolute Gasteiger partial charge is 0.361 e. The molecule has 0 atom stereocenters. The van der Waals surface area contributed by atoms with Gasteiger partial charge in [-0.3, -0.25) is 9.89 Å². The lowest BCUT2D eigenvalue weighted by Crippen LogP contribution is -2.38. The first-order valence-corrected chi connectivity index (χ1v) is 5.78. The van der Waals surface area contributed by atoms with Gasteiger partial charge in [-0.05, 0) is 6.42 Å². The van der Waals surface area contributed by atoms with Crippen molar-refractivity contribution < 1.29 is 9.53 Å². The third-order valence-corrected chi connectivity index (χ3v) is 2.64. The molecular weight excluding hydrogens is 220 g/mol. The molecule has 1 aromatic rings. The predicted molar refractivity (Wildman–Crippen MR) is 61.6 cm³/mol. The fraction of sp³-hybridized carbons (Fsp3) is 0.727. The van der Waals surface area contributed by atoms with Crippen LogP contribution in [0.25, 0.3) is 0 Å². The van der Waals surface area contributed by atoms with Crippen LogP contribution in [-0.4, -0.2) is 45.9 Å². The first-order chi connectivity index (χ1) is 7.98. The molecule has 0 saturated carbocycles. The summed E-state index contributed by atoms with van der Waals surface area (Å²) in [5.74, 6) is 0.774. The monoisotopic (exact) mass is 238 g/mol. The Morgan fingerprint density at radius 3 is 2.76 bits per heavy atom. The molecule has 0 aromatic carbocycles. The fourth-order valence-corrected chi connectivity index (χ4v) is 1.59. The van der Waals surface area contributed by atoms with Gasteiger partial charge in [-0.15, -0.1) is 5.10 Å². The van der Waals surface area contributed by atoms with Gasteiger partial charge in [0.05, 0.1) is 6.61 Å². The quantitative estimate of drug-likeness (QED) is 0.789. The van der Waals surface area contributed by atoms with Crippen molar-refractivity contribution in [2.24, 2.45) is 0 Å². The van der Waals surface area contributed by atoms with Gasteiger partial charge >= 0.3 is 0 Å². The van der Waals surface area contributed by atoms with Crippen molar-refractivity contribution in [2.45, 2.75) is 32.6 Å². The van der Waals surface area contributed by atoms with E-state index in [1.54, 1.807) is 4.90 Å². The highest BCUT2D eigenvalue weighted by Crippen LogP contribution is 2.17. The van der Waals surface area contributed by atoms with Gasteiger partial charge in [0, 0.05) is 12.0 Å². The SMILES string of the molecule is CC(C)(C)c1nc(C(=O)N2CCCOC2)n[nH]1. The van der Waals surface area contributed by atoms with Gasteiger partial charge in [-0.25, -0.2) is 4.98 Å². The minimum absolute atomic E-state index is 0.135. The normalized spacial score (nSPS) is 17.2. The average molecular weight is 238 g/mol. The van der Waals surface area contributed by atoms with E-state index in [4.69, 9.17) is 4.74 Å². The molecule has 94 valence electrons. The summed E-state index contributed by atoms with van der Waals surface area (Å²) in [7, 11) is 0. The lowest BCUT2D eigenvalue weighted by atomic mass is 9.96. The smallest absolute Gasteiger partial charge is 0.295 e. The second kappa shape index (κ2) is 4.44. The van der Waals surface area contributed by atoms with E-state index in [2.05, 4.69) is 15.2 Å². The summed E-state index contributed by atoms with van der Waals surface area (Å²) in [6, 6.07) is 0. The Kier molecular flexibility index (Phi) is 3.15.